The van der Waals surface area contributed by atoms with Gasteiger partial charge < -0.3 is 15.2 Å². The number of carbonyl (C=O) groups is 1. The summed E-state index contributed by atoms with van der Waals surface area (Å²) >= 11 is 0. The molecule has 0 aromatic heterocycles. The molecular formula is C29H43NO5S. The Bertz CT molecular complexity index is 1180. The summed E-state index contributed by atoms with van der Waals surface area (Å²) in [5.74, 6) is -0.0308. The van der Waals surface area contributed by atoms with Crippen LogP contribution in [0.1, 0.15) is 87.0 Å². The first-order chi connectivity index (χ1) is 16.6. The predicted molar refractivity (Wildman–Crippen MR) is 146 cm³/mol. The SMILES string of the molecule is CCC(CC)(c1ccc(OC(C)C(O)C(C)(C)C)c(C)c1)c1ccc(C(=O)NCS(C)(=O)=O)c(C)c1. The van der Waals surface area contributed by atoms with E-state index in [2.05, 4.69) is 31.3 Å². The van der Waals surface area contributed by atoms with Crippen molar-refractivity contribution in [2.75, 3.05) is 12.1 Å². The van der Waals surface area contributed by atoms with E-state index in [1.807, 2.05) is 59.7 Å². The summed E-state index contributed by atoms with van der Waals surface area (Å²) < 4.78 is 29.0. The third-order valence-corrected chi connectivity index (χ3v) is 7.77. The van der Waals surface area contributed by atoms with Crippen molar-refractivity contribution in [3.05, 3.63) is 64.2 Å². The number of carbonyl (C=O) groups excluding carboxylic acids is 1. The molecular weight excluding hydrogens is 474 g/mol. The summed E-state index contributed by atoms with van der Waals surface area (Å²) in [7, 11) is -3.30. The molecule has 2 aromatic rings. The van der Waals surface area contributed by atoms with Gasteiger partial charge in [-0.2, -0.15) is 0 Å². The lowest BCUT2D eigenvalue weighted by Gasteiger charge is -2.35. The maximum absolute atomic E-state index is 12.6. The Hall–Kier alpha value is -2.38. The number of hydrogen-bond acceptors (Lipinski definition) is 5. The molecule has 7 heteroatoms. The number of rotatable bonds is 10. The lowest BCUT2D eigenvalue weighted by Crippen LogP contribution is -2.39. The van der Waals surface area contributed by atoms with E-state index in [4.69, 9.17) is 4.74 Å². The second-order valence-electron chi connectivity index (χ2n) is 11.0. The quantitative estimate of drug-likeness (QED) is 0.445. The molecule has 2 atom stereocenters. The minimum absolute atomic E-state index is 0.258. The van der Waals surface area contributed by atoms with Gasteiger partial charge in [-0.05, 0) is 73.4 Å². The monoisotopic (exact) mass is 517 g/mol. The number of sulfone groups is 1. The average molecular weight is 518 g/mol. The molecule has 2 unspecified atom stereocenters. The van der Waals surface area contributed by atoms with Gasteiger partial charge in [-0.25, -0.2) is 8.42 Å². The zero-order valence-electron chi connectivity index (χ0n) is 23.2. The van der Waals surface area contributed by atoms with Crippen LogP contribution in [0.4, 0.5) is 0 Å². The number of aliphatic hydroxyl groups is 1. The number of hydrogen-bond donors (Lipinski definition) is 2. The topological polar surface area (TPSA) is 92.7 Å². The highest BCUT2D eigenvalue weighted by molar-refractivity contribution is 7.90. The number of ether oxygens (including phenoxy) is 1. The average Bonchev–Trinajstić information content (AvgIpc) is 2.78. The van der Waals surface area contributed by atoms with Crippen LogP contribution in [0.2, 0.25) is 0 Å². The third-order valence-electron chi connectivity index (χ3n) is 7.10. The largest absolute Gasteiger partial charge is 0.488 e. The predicted octanol–water partition coefficient (Wildman–Crippen LogP) is 5.32. The normalized spacial score (nSPS) is 14.3. The highest BCUT2D eigenvalue weighted by Crippen LogP contribution is 2.41. The molecule has 0 heterocycles. The second-order valence-corrected chi connectivity index (χ2v) is 13.1. The smallest absolute Gasteiger partial charge is 0.252 e. The summed E-state index contributed by atoms with van der Waals surface area (Å²) in [6.07, 6.45) is 1.87. The van der Waals surface area contributed by atoms with Crippen LogP contribution in [0.15, 0.2) is 36.4 Å². The zero-order chi connectivity index (χ0) is 27.5. The van der Waals surface area contributed by atoms with Gasteiger partial charge in [0.25, 0.3) is 5.91 Å². The van der Waals surface area contributed by atoms with E-state index in [9.17, 15) is 18.3 Å². The molecule has 2 aromatic carbocycles. The highest BCUT2D eigenvalue weighted by Gasteiger charge is 2.33. The van der Waals surface area contributed by atoms with Gasteiger partial charge in [-0.3, -0.25) is 4.79 Å². The molecule has 0 saturated heterocycles. The Labute approximate surface area is 217 Å². The van der Waals surface area contributed by atoms with Crippen LogP contribution in [-0.2, 0) is 15.3 Å². The maximum Gasteiger partial charge on any atom is 0.252 e. The Kier molecular flexibility index (Phi) is 9.41. The van der Waals surface area contributed by atoms with Crippen molar-refractivity contribution in [2.45, 2.75) is 85.9 Å². The van der Waals surface area contributed by atoms with Crippen molar-refractivity contribution in [2.24, 2.45) is 5.41 Å². The molecule has 0 saturated carbocycles. The van der Waals surface area contributed by atoms with Crippen LogP contribution < -0.4 is 10.1 Å². The van der Waals surface area contributed by atoms with Crippen LogP contribution in [0, 0.1) is 19.3 Å². The summed E-state index contributed by atoms with van der Waals surface area (Å²) in [6, 6.07) is 12.0. The summed E-state index contributed by atoms with van der Waals surface area (Å²) in [4.78, 5) is 12.6. The molecule has 2 N–H and O–H groups in total. The van der Waals surface area contributed by atoms with Crippen LogP contribution in [0.5, 0.6) is 5.75 Å². The summed E-state index contributed by atoms with van der Waals surface area (Å²) in [5, 5.41) is 13.1. The Morgan fingerprint density at radius 1 is 1.00 bits per heavy atom. The van der Waals surface area contributed by atoms with Gasteiger partial charge >= 0.3 is 0 Å². The Balaban J connectivity index is 2.39. The van der Waals surface area contributed by atoms with Crippen LogP contribution >= 0.6 is 0 Å². The first-order valence-electron chi connectivity index (χ1n) is 12.6. The van der Waals surface area contributed by atoms with Crippen LogP contribution in [0.25, 0.3) is 0 Å². The van der Waals surface area contributed by atoms with Crippen molar-refractivity contribution in [3.8, 4) is 5.75 Å². The molecule has 0 bridgehead atoms. The van der Waals surface area contributed by atoms with Crippen LogP contribution in [-0.4, -0.2) is 43.8 Å². The number of aliphatic hydroxyl groups excluding tert-OH is 1. The van der Waals surface area contributed by atoms with Gasteiger partial charge in [0.15, 0.2) is 9.84 Å². The van der Waals surface area contributed by atoms with E-state index in [1.54, 1.807) is 6.07 Å². The molecule has 0 spiro atoms. The van der Waals surface area contributed by atoms with Gasteiger partial charge in [-0.1, -0.05) is 58.9 Å². The molecule has 0 radical (unpaired) electrons. The first-order valence-corrected chi connectivity index (χ1v) is 14.6. The minimum Gasteiger partial charge on any atom is -0.488 e. The highest BCUT2D eigenvalue weighted by atomic mass is 32.2. The van der Waals surface area contributed by atoms with E-state index < -0.39 is 21.8 Å². The first kappa shape index (κ1) is 29.8. The Morgan fingerprint density at radius 3 is 1.97 bits per heavy atom. The minimum atomic E-state index is -3.30. The number of aryl methyl sites for hydroxylation is 2. The third kappa shape index (κ3) is 6.88. The lowest BCUT2D eigenvalue weighted by atomic mass is 9.70. The van der Waals surface area contributed by atoms with Crippen molar-refractivity contribution in [3.63, 3.8) is 0 Å². The molecule has 0 aliphatic heterocycles. The number of amides is 1. The van der Waals surface area contributed by atoms with Gasteiger partial charge in [-0.15, -0.1) is 0 Å². The standard InChI is InChI=1S/C29H43NO5S/c1-10-29(11-2,22-12-14-24(19(3)16-22)27(32)30-18-36(9,33)34)23-13-15-25(20(4)17-23)35-21(5)26(31)28(6,7)8/h12-17,21,26,31H,10-11,18H2,1-9H3,(H,30,32). The van der Waals surface area contributed by atoms with E-state index in [0.29, 0.717) is 5.56 Å². The second kappa shape index (κ2) is 11.3. The zero-order valence-corrected chi connectivity index (χ0v) is 24.0. The van der Waals surface area contributed by atoms with Crippen molar-refractivity contribution in [1.82, 2.24) is 5.32 Å². The lowest BCUT2D eigenvalue weighted by molar-refractivity contribution is -0.0234. The van der Waals surface area contributed by atoms with Crippen molar-refractivity contribution < 1.29 is 23.1 Å². The molecule has 2 rings (SSSR count). The van der Waals surface area contributed by atoms with Crippen molar-refractivity contribution in [1.29, 1.82) is 0 Å². The fraction of sp³-hybridized carbons (Fsp3) is 0.552. The fourth-order valence-electron chi connectivity index (χ4n) is 4.79. The summed E-state index contributed by atoms with van der Waals surface area (Å²) in [5.41, 5.74) is 4.00. The Morgan fingerprint density at radius 2 is 1.53 bits per heavy atom. The summed E-state index contributed by atoms with van der Waals surface area (Å²) in [6.45, 7) is 16.1. The molecule has 0 aliphatic rings. The molecule has 0 fully saturated rings. The van der Waals surface area contributed by atoms with E-state index in [0.717, 1.165) is 47.1 Å². The fourth-order valence-corrected chi connectivity index (χ4v) is 5.18. The molecule has 1 amide bonds. The number of benzene rings is 2. The maximum atomic E-state index is 12.6. The molecule has 6 nitrogen and oxygen atoms in total. The van der Waals surface area contributed by atoms with Gasteiger partial charge in [0.1, 0.15) is 17.7 Å². The molecule has 200 valence electrons. The van der Waals surface area contributed by atoms with E-state index >= 15 is 0 Å². The number of nitrogens with one attached hydrogen (secondary N) is 1. The van der Waals surface area contributed by atoms with E-state index in [1.165, 1.54) is 0 Å². The van der Waals surface area contributed by atoms with Gasteiger partial charge in [0.2, 0.25) is 0 Å². The van der Waals surface area contributed by atoms with Crippen molar-refractivity contribution >= 4 is 15.7 Å². The van der Waals surface area contributed by atoms with Crippen LogP contribution in [0.3, 0.4) is 0 Å². The van der Waals surface area contributed by atoms with Gasteiger partial charge in [0, 0.05) is 17.2 Å². The molecule has 0 aliphatic carbocycles. The van der Waals surface area contributed by atoms with E-state index in [-0.39, 0.29) is 22.8 Å². The van der Waals surface area contributed by atoms with Gasteiger partial charge in [0.05, 0.1) is 6.10 Å². The molecule has 36 heavy (non-hydrogen) atoms.